The summed E-state index contributed by atoms with van der Waals surface area (Å²) >= 11 is 0. The summed E-state index contributed by atoms with van der Waals surface area (Å²) < 4.78 is 1.88. The van der Waals surface area contributed by atoms with Crippen molar-refractivity contribution in [3.63, 3.8) is 0 Å². The van der Waals surface area contributed by atoms with Crippen molar-refractivity contribution in [2.45, 2.75) is 33.6 Å². The first-order chi connectivity index (χ1) is 15.9. The monoisotopic (exact) mass is 447 g/mol. The molecule has 7 nitrogen and oxygen atoms in total. The Bertz CT molecular complexity index is 1130. The number of aromatic nitrogens is 2. The lowest BCUT2D eigenvalue weighted by Crippen LogP contribution is -2.48. The number of amides is 2. The number of hydrogen-bond acceptors (Lipinski definition) is 4. The van der Waals surface area contributed by atoms with Crippen LogP contribution in [0.25, 0.3) is 5.65 Å². The Hall–Kier alpha value is -3.35. The fourth-order valence-electron chi connectivity index (χ4n) is 4.69. The van der Waals surface area contributed by atoms with Crippen molar-refractivity contribution < 1.29 is 9.59 Å². The van der Waals surface area contributed by atoms with Gasteiger partial charge in [-0.15, -0.1) is 0 Å². The Balaban J connectivity index is 1.55. The third-order valence-electron chi connectivity index (χ3n) is 6.68. The normalized spacial score (nSPS) is 14.2. The van der Waals surface area contributed by atoms with E-state index >= 15 is 0 Å². The quantitative estimate of drug-likeness (QED) is 0.573. The van der Waals surface area contributed by atoms with E-state index in [1.165, 1.54) is 5.69 Å². The van der Waals surface area contributed by atoms with Crippen molar-refractivity contribution in [3.8, 4) is 0 Å². The number of rotatable bonds is 6. The second-order valence-corrected chi connectivity index (χ2v) is 8.69. The third-order valence-corrected chi connectivity index (χ3v) is 6.68. The Kier molecular flexibility index (Phi) is 6.67. The Morgan fingerprint density at radius 3 is 2.30 bits per heavy atom. The van der Waals surface area contributed by atoms with Gasteiger partial charge in [-0.3, -0.25) is 18.9 Å². The van der Waals surface area contributed by atoms with E-state index < -0.39 is 0 Å². The Morgan fingerprint density at radius 2 is 1.67 bits per heavy atom. The molecular weight excluding hydrogens is 414 g/mol. The predicted molar refractivity (Wildman–Crippen MR) is 132 cm³/mol. The SMILES string of the molecule is CCC(CC)C(=O)N(C)c1c(C)nc2ccc(C(=O)N3CCN(c4ccccc4)CC3)cn12. The van der Waals surface area contributed by atoms with Gasteiger partial charge in [-0.2, -0.15) is 0 Å². The van der Waals surface area contributed by atoms with Gasteiger partial charge < -0.3 is 9.80 Å². The highest BCUT2D eigenvalue weighted by molar-refractivity contribution is 5.96. The van der Waals surface area contributed by atoms with Crippen LogP contribution >= 0.6 is 0 Å². The molecule has 3 aromatic rings. The number of carbonyl (C=O) groups is 2. The largest absolute Gasteiger partial charge is 0.368 e. The molecule has 1 aliphatic heterocycles. The van der Waals surface area contributed by atoms with E-state index in [1.807, 2.05) is 66.6 Å². The molecule has 7 heteroatoms. The molecule has 1 aliphatic rings. The molecule has 1 aromatic carbocycles. The fourth-order valence-corrected chi connectivity index (χ4v) is 4.69. The molecule has 174 valence electrons. The van der Waals surface area contributed by atoms with Crippen LogP contribution in [-0.4, -0.2) is 59.3 Å². The summed E-state index contributed by atoms with van der Waals surface area (Å²) in [5.41, 5.74) is 3.31. The molecule has 1 fully saturated rings. The van der Waals surface area contributed by atoms with E-state index in [4.69, 9.17) is 0 Å². The molecule has 0 saturated carbocycles. The number of fused-ring (bicyclic) bond motifs is 1. The van der Waals surface area contributed by atoms with Gasteiger partial charge in [-0.25, -0.2) is 4.98 Å². The summed E-state index contributed by atoms with van der Waals surface area (Å²) in [7, 11) is 1.80. The lowest BCUT2D eigenvalue weighted by Gasteiger charge is -2.36. The summed E-state index contributed by atoms with van der Waals surface area (Å²) in [6.45, 7) is 8.94. The van der Waals surface area contributed by atoms with Crippen LogP contribution in [0.3, 0.4) is 0 Å². The standard InChI is InChI=1S/C26H33N5O2/c1-5-20(6-2)25(32)28(4)24-19(3)27-23-13-12-21(18-31(23)24)26(33)30-16-14-29(15-17-30)22-10-8-7-9-11-22/h7-13,18,20H,5-6,14-17H2,1-4H3. The molecule has 2 amide bonds. The van der Waals surface area contributed by atoms with Gasteiger partial charge in [0.25, 0.3) is 5.91 Å². The minimum Gasteiger partial charge on any atom is -0.368 e. The van der Waals surface area contributed by atoms with Crippen LogP contribution in [0.2, 0.25) is 0 Å². The van der Waals surface area contributed by atoms with Crippen molar-refractivity contribution >= 4 is 29.0 Å². The number of imidazole rings is 1. The lowest BCUT2D eigenvalue weighted by atomic mass is 10.0. The molecule has 0 aliphatic carbocycles. The average molecular weight is 448 g/mol. The van der Waals surface area contributed by atoms with Gasteiger partial charge in [0, 0.05) is 51.0 Å². The number of para-hydroxylation sites is 1. The number of nitrogens with zero attached hydrogens (tertiary/aromatic N) is 5. The number of carbonyl (C=O) groups excluding carboxylic acids is 2. The van der Waals surface area contributed by atoms with Gasteiger partial charge in [-0.05, 0) is 44.0 Å². The summed E-state index contributed by atoms with van der Waals surface area (Å²) in [6, 6.07) is 14.0. The molecule has 0 bridgehead atoms. The molecule has 0 atom stereocenters. The minimum atomic E-state index is -0.0225. The fraction of sp³-hybridized carbons (Fsp3) is 0.423. The minimum absolute atomic E-state index is 0.0101. The van der Waals surface area contributed by atoms with E-state index in [2.05, 4.69) is 22.0 Å². The lowest BCUT2D eigenvalue weighted by molar-refractivity contribution is -0.122. The maximum Gasteiger partial charge on any atom is 0.255 e. The number of benzene rings is 1. The first-order valence-electron chi connectivity index (χ1n) is 11.8. The number of hydrogen-bond donors (Lipinski definition) is 0. The van der Waals surface area contributed by atoms with Crippen LogP contribution in [0, 0.1) is 12.8 Å². The highest BCUT2D eigenvalue weighted by atomic mass is 16.2. The molecule has 0 spiro atoms. The molecular formula is C26H33N5O2. The first kappa shape index (κ1) is 22.8. The van der Waals surface area contributed by atoms with Crippen LogP contribution in [0.5, 0.6) is 0 Å². The van der Waals surface area contributed by atoms with Crippen LogP contribution in [0.1, 0.15) is 42.7 Å². The maximum atomic E-state index is 13.3. The van der Waals surface area contributed by atoms with Gasteiger partial charge in [0.15, 0.2) is 0 Å². The molecule has 4 rings (SSSR count). The van der Waals surface area contributed by atoms with Crippen LogP contribution in [0.15, 0.2) is 48.7 Å². The van der Waals surface area contributed by atoms with Crippen molar-refractivity contribution in [2.24, 2.45) is 5.92 Å². The van der Waals surface area contributed by atoms with Gasteiger partial charge in [-0.1, -0.05) is 32.0 Å². The molecule has 0 N–H and O–H groups in total. The second kappa shape index (κ2) is 9.65. The van der Waals surface area contributed by atoms with E-state index in [-0.39, 0.29) is 17.7 Å². The number of pyridine rings is 1. The smallest absolute Gasteiger partial charge is 0.255 e. The number of aryl methyl sites for hydroxylation is 1. The molecule has 1 saturated heterocycles. The summed E-state index contributed by atoms with van der Waals surface area (Å²) in [5, 5.41) is 0. The second-order valence-electron chi connectivity index (χ2n) is 8.69. The summed E-state index contributed by atoms with van der Waals surface area (Å²) in [6.07, 6.45) is 3.43. The van der Waals surface area contributed by atoms with E-state index in [0.29, 0.717) is 18.7 Å². The third kappa shape index (κ3) is 4.45. The zero-order valence-corrected chi connectivity index (χ0v) is 20.0. The van der Waals surface area contributed by atoms with Crippen LogP contribution in [0.4, 0.5) is 11.5 Å². The Labute approximate surface area is 195 Å². The van der Waals surface area contributed by atoms with Crippen LogP contribution in [-0.2, 0) is 4.79 Å². The summed E-state index contributed by atoms with van der Waals surface area (Å²) in [5.74, 6) is 0.797. The van der Waals surface area contributed by atoms with E-state index in [9.17, 15) is 9.59 Å². The number of anilines is 2. The van der Waals surface area contributed by atoms with Crippen molar-refractivity contribution in [3.05, 3.63) is 59.9 Å². The van der Waals surface area contributed by atoms with Gasteiger partial charge >= 0.3 is 0 Å². The molecule has 0 unspecified atom stereocenters. The maximum absolute atomic E-state index is 13.3. The highest BCUT2D eigenvalue weighted by Crippen LogP contribution is 2.25. The van der Waals surface area contributed by atoms with Gasteiger partial charge in [0.1, 0.15) is 11.5 Å². The van der Waals surface area contributed by atoms with Crippen LogP contribution < -0.4 is 9.80 Å². The zero-order chi connectivity index (χ0) is 23.5. The van der Waals surface area contributed by atoms with Gasteiger partial charge in [0.2, 0.25) is 5.91 Å². The summed E-state index contributed by atoms with van der Waals surface area (Å²) in [4.78, 5) is 36.9. The van der Waals surface area contributed by atoms with Crippen molar-refractivity contribution in [2.75, 3.05) is 43.0 Å². The Morgan fingerprint density at radius 1 is 1.00 bits per heavy atom. The topological polar surface area (TPSA) is 61.2 Å². The predicted octanol–water partition coefficient (Wildman–Crippen LogP) is 4.00. The number of piperazine rings is 1. The average Bonchev–Trinajstić information content (AvgIpc) is 3.19. The molecule has 2 aromatic heterocycles. The van der Waals surface area contributed by atoms with Gasteiger partial charge in [0.05, 0.1) is 11.3 Å². The van der Waals surface area contributed by atoms with E-state index in [0.717, 1.165) is 43.1 Å². The molecule has 0 radical (unpaired) electrons. The molecule has 3 heterocycles. The molecule has 33 heavy (non-hydrogen) atoms. The van der Waals surface area contributed by atoms with Crippen molar-refractivity contribution in [1.29, 1.82) is 0 Å². The highest BCUT2D eigenvalue weighted by Gasteiger charge is 2.26. The van der Waals surface area contributed by atoms with Crippen molar-refractivity contribution in [1.82, 2.24) is 14.3 Å². The zero-order valence-electron chi connectivity index (χ0n) is 20.0. The van der Waals surface area contributed by atoms with E-state index in [1.54, 1.807) is 11.9 Å². The first-order valence-corrected chi connectivity index (χ1v) is 11.8.